The molecule has 0 aliphatic carbocycles. The third kappa shape index (κ3) is 3.38. The van der Waals surface area contributed by atoms with E-state index in [-0.39, 0.29) is 0 Å². The standard InChI is InChI=1S/C19H20N6O/c20-11-14-2-1-3-15(10-14)16-12-22-19-17(16)18(23-13-24-19)21-4-5-25-6-8-26-9-7-25/h1-3,10,12-13H,4-9H2,(H2,21,22,23,24). The van der Waals surface area contributed by atoms with E-state index in [1.807, 2.05) is 24.4 Å². The topological polar surface area (TPSA) is 89.9 Å². The highest BCUT2D eigenvalue weighted by molar-refractivity contribution is 6.00. The number of H-pyrrole nitrogens is 1. The van der Waals surface area contributed by atoms with Crippen LogP contribution in [0.5, 0.6) is 0 Å². The van der Waals surface area contributed by atoms with Gasteiger partial charge in [-0.1, -0.05) is 12.1 Å². The highest BCUT2D eigenvalue weighted by Crippen LogP contribution is 2.32. The normalized spacial score (nSPS) is 15.0. The maximum absolute atomic E-state index is 9.16. The molecule has 3 aromatic rings. The number of nitriles is 1. The van der Waals surface area contributed by atoms with Crippen molar-refractivity contribution in [3.63, 3.8) is 0 Å². The van der Waals surface area contributed by atoms with Gasteiger partial charge in [0.05, 0.1) is 30.2 Å². The molecule has 4 rings (SSSR count). The second-order valence-electron chi connectivity index (χ2n) is 6.22. The van der Waals surface area contributed by atoms with Crippen LogP contribution in [0.1, 0.15) is 5.56 Å². The first-order valence-electron chi connectivity index (χ1n) is 8.72. The van der Waals surface area contributed by atoms with Gasteiger partial charge in [-0.15, -0.1) is 0 Å². The largest absolute Gasteiger partial charge is 0.379 e. The van der Waals surface area contributed by atoms with Crippen molar-refractivity contribution in [3.8, 4) is 17.2 Å². The summed E-state index contributed by atoms with van der Waals surface area (Å²) in [7, 11) is 0. The molecule has 0 radical (unpaired) electrons. The molecule has 7 nitrogen and oxygen atoms in total. The molecular formula is C19H20N6O. The van der Waals surface area contributed by atoms with E-state index in [2.05, 4.69) is 31.2 Å². The molecular weight excluding hydrogens is 328 g/mol. The Balaban J connectivity index is 1.59. The van der Waals surface area contributed by atoms with Gasteiger partial charge >= 0.3 is 0 Å². The summed E-state index contributed by atoms with van der Waals surface area (Å²) in [6.07, 6.45) is 3.48. The Morgan fingerprint density at radius 3 is 3.00 bits per heavy atom. The average molecular weight is 348 g/mol. The number of morpholine rings is 1. The van der Waals surface area contributed by atoms with Crippen molar-refractivity contribution in [2.45, 2.75) is 0 Å². The lowest BCUT2D eigenvalue weighted by Gasteiger charge is -2.26. The van der Waals surface area contributed by atoms with Crippen LogP contribution in [0.3, 0.4) is 0 Å². The summed E-state index contributed by atoms with van der Waals surface area (Å²) >= 11 is 0. The number of fused-ring (bicyclic) bond motifs is 1. The maximum Gasteiger partial charge on any atom is 0.143 e. The molecule has 26 heavy (non-hydrogen) atoms. The van der Waals surface area contributed by atoms with Crippen molar-refractivity contribution in [3.05, 3.63) is 42.4 Å². The van der Waals surface area contributed by atoms with Crippen molar-refractivity contribution >= 4 is 16.9 Å². The fourth-order valence-corrected chi connectivity index (χ4v) is 3.24. The third-order valence-electron chi connectivity index (χ3n) is 4.60. The number of ether oxygens (including phenoxy) is 1. The predicted molar refractivity (Wildman–Crippen MR) is 99.8 cm³/mol. The van der Waals surface area contributed by atoms with Crippen LogP contribution in [0.4, 0.5) is 5.82 Å². The van der Waals surface area contributed by atoms with Crippen molar-refractivity contribution in [1.29, 1.82) is 5.26 Å². The van der Waals surface area contributed by atoms with Gasteiger partial charge in [-0.05, 0) is 17.7 Å². The first-order chi connectivity index (χ1) is 12.8. The number of hydrogen-bond donors (Lipinski definition) is 2. The van der Waals surface area contributed by atoms with Gasteiger partial charge in [0.25, 0.3) is 0 Å². The van der Waals surface area contributed by atoms with E-state index in [0.717, 1.165) is 67.4 Å². The zero-order valence-electron chi connectivity index (χ0n) is 14.4. The van der Waals surface area contributed by atoms with Crippen LogP contribution in [0, 0.1) is 11.3 Å². The van der Waals surface area contributed by atoms with Crippen LogP contribution in [0.2, 0.25) is 0 Å². The molecule has 1 aliphatic rings. The number of rotatable bonds is 5. The van der Waals surface area contributed by atoms with Crippen molar-refractivity contribution in [2.24, 2.45) is 0 Å². The van der Waals surface area contributed by atoms with Gasteiger partial charge in [-0.25, -0.2) is 9.97 Å². The zero-order chi connectivity index (χ0) is 17.8. The molecule has 1 aliphatic heterocycles. The number of aromatic amines is 1. The molecule has 0 unspecified atom stereocenters. The fraction of sp³-hybridized carbons (Fsp3) is 0.316. The van der Waals surface area contributed by atoms with E-state index >= 15 is 0 Å². The summed E-state index contributed by atoms with van der Waals surface area (Å²) in [6, 6.07) is 9.76. The smallest absolute Gasteiger partial charge is 0.143 e. The maximum atomic E-state index is 9.16. The Labute approximate surface area is 151 Å². The van der Waals surface area contributed by atoms with E-state index in [9.17, 15) is 0 Å². The quantitative estimate of drug-likeness (QED) is 0.735. The molecule has 132 valence electrons. The second-order valence-corrected chi connectivity index (χ2v) is 6.22. The van der Waals surface area contributed by atoms with Crippen molar-refractivity contribution < 1.29 is 4.74 Å². The first-order valence-corrected chi connectivity index (χ1v) is 8.72. The minimum atomic E-state index is 0.635. The molecule has 2 aromatic heterocycles. The van der Waals surface area contributed by atoms with Gasteiger partial charge in [-0.3, -0.25) is 4.90 Å². The molecule has 0 atom stereocenters. The monoisotopic (exact) mass is 348 g/mol. The van der Waals surface area contributed by atoms with Crippen LogP contribution in [-0.4, -0.2) is 59.2 Å². The number of benzene rings is 1. The molecule has 1 aromatic carbocycles. The lowest BCUT2D eigenvalue weighted by Crippen LogP contribution is -2.39. The van der Waals surface area contributed by atoms with Crippen LogP contribution in [-0.2, 0) is 4.74 Å². The van der Waals surface area contributed by atoms with E-state index < -0.39 is 0 Å². The number of aromatic nitrogens is 3. The summed E-state index contributed by atoms with van der Waals surface area (Å²) in [4.78, 5) is 14.4. The highest BCUT2D eigenvalue weighted by atomic mass is 16.5. The van der Waals surface area contributed by atoms with Gasteiger partial charge in [0, 0.05) is 37.9 Å². The summed E-state index contributed by atoms with van der Waals surface area (Å²) in [5.74, 6) is 0.807. The van der Waals surface area contributed by atoms with Gasteiger partial charge in [0.1, 0.15) is 17.8 Å². The summed E-state index contributed by atoms with van der Waals surface area (Å²) < 4.78 is 5.39. The number of nitrogens with one attached hydrogen (secondary N) is 2. The van der Waals surface area contributed by atoms with Crippen molar-refractivity contribution in [2.75, 3.05) is 44.7 Å². The number of anilines is 1. The fourth-order valence-electron chi connectivity index (χ4n) is 3.24. The summed E-state index contributed by atoms with van der Waals surface area (Å²) in [6.45, 7) is 5.28. The Kier molecular flexibility index (Phi) is 4.78. The molecule has 0 bridgehead atoms. The van der Waals surface area contributed by atoms with Gasteiger partial charge in [-0.2, -0.15) is 5.26 Å². The molecule has 0 saturated carbocycles. The second kappa shape index (κ2) is 7.52. The number of nitrogens with zero attached hydrogens (tertiary/aromatic N) is 4. The minimum Gasteiger partial charge on any atom is -0.379 e. The highest BCUT2D eigenvalue weighted by Gasteiger charge is 2.14. The molecule has 7 heteroatoms. The van der Waals surface area contributed by atoms with E-state index in [0.29, 0.717) is 5.56 Å². The van der Waals surface area contributed by atoms with E-state index in [1.165, 1.54) is 0 Å². The van der Waals surface area contributed by atoms with Gasteiger partial charge in [0.15, 0.2) is 0 Å². The summed E-state index contributed by atoms with van der Waals surface area (Å²) in [5, 5.41) is 13.5. The lowest BCUT2D eigenvalue weighted by atomic mass is 10.0. The molecule has 0 spiro atoms. The lowest BCUT2D eigenvalue weighted by molar-refractivity contribution is 0.0398. The predicted octanol–water partition coefficient (Wildman–Crippen LogP) is 2.24. The van der Waals surface area contributed by atoms with E-state index in [4.69, 9.17) is 10.00 Å². The Hall–Kier alpha value is -2.95. The van der Waals surface area contributed by atoms with E-state index in [1.54, 1.807) is 12.4 Å². The summed E-state index contributed by atoms with van der Waals surface area (Å²) in [5.41, 5.74) is 3.38. The van der Waals surface area contributed by atoms with Gasteiger partial charge in [0.2, 0.25) is 0 Å². The van der Waals surface area contributed by atoms with Crippen LogP contribution in [0.25, 0.3) is 22.2 Å². The van der Waals surface area contributed by atoms with Crippen LogP contribution in [0.15, 0.2) is 36.8 Å². The SMILES string of the molecule is N#Cc1cccc(-c2c[nH]c3ncnc(NCCN4CCOCC4)c23)c1. The number of hydrogen-bond acceptors (Lipinski definition) is 6. The third-order valence-corrected chi connectivity index (χ3v) is 4.60. The average Bonchev–Trinajstić information content (AvgIpc) is 3.14. The van der Waals surface area contributed by atoms with Crippen molar-refractivity contribution in [1.82, 2.24) is 19.9 Å². The molecule has 2 N–H and O–H groups in total. The Bertz CT molecular complexity index is 939. The molecule has 1 fully saturated rings. The molecule has 3 heterocycles. The molecule has 1 saturated heterocycles. The zero-order valence-corrected chi connectivity index (χ0v) is 14.4. The Morgan fingerprint density at radius 2 is 2.15 bits per heavy atom. The first kappa shape index (κ1) is 16.5. The van der Waals surface area contributed by atoms with Gasteiger partial charge < -0.3 is 15.0 Å². The minimum absolute atomic E-state index is 0.635. The van der Waals surface area contributed by atoms with Crippen LogP contribution < -0.4 is 5.32 Å². The molecule has 0 amide bonds. The Morgan fingerprint density at radius 1 is 1.27 bits per heavy atom. The van der Waals surface area contributed by atoms with Crippen LogP contribution >= 0.6 is 0 Å².